The zero-order chi connectivity index (χ0) is 14.2. The lowest BCUT2D eigenvalue weighted by molar-refractivity contribution is -0.127. The normalized spacial score (nSPS) is 37.4. The summed E-state index contributed by atoms with van der Waals surface area (Å²) in [4.78, 5) is 15.2. The van der Waals surface area contributed by atoms with E-state index in [4.69, 9.17) is 0 Å². The molecule has 3 rings (SSSR count). The second kappa shape index (κ2) is 5.64. The zero-order valence-corrected chi connectivity index (χ0v) is 13.0. The molecule has 3 heterocycles. The van der Waals surface area contributed by atoms with Crippen molar-refractivity contribution in [3.8, 4) is 0 Å². The van der Waals surface area contributed by atoms with Gasteiger partial charge in [-0.05, 0) is 50.6 Å². The van der Waals surface area contributed by atoms with Crippen molar-refractivity contribution in [1.29, 1.82) is 0 Å². The van der Waals surface area contributed by atoms with Gasteiger partial charge in [0.25, 0.3) is 0 Å². The lowest BCUT2D eigenvalue weighted by atomic mass is 9.77. The van der Waals surface area contributed by atoms with Crippen LogP contribution in [0.5, 0.6) is 0 Å². The number of amides is 1. The number of carbonyl (C=O) groups excluding carboxylic acids is 1. The Labute approximate surface area is 122 Å². The van der Waals surface area contributed by atoms with E-state index in [9.17, 15) is 4.79 Å². The smallest absolute Gasteiger partial charge is 0.237 e. The Morgan fingerprint density at radius 3 is 2.85 bits per heavy atom. The highest BCUT2D eigenvalue weighted by molar-refractivity contribution is 5.83. The zero-order valence-electron chi connectivity index (χ0n) is 13.0. The third-order valence-electron chi connectivity index (χ3n) is 5.57. The van der Waals surface area contributed by atoms with Gasteiger partial charge in [-0.15, -0.1) is 0 Å². The minimum atomic E-state index is -0.0195. The molecule has 3 unspecified atom stereocenters. The summed E-state index contributed by atoms with van der Waals surface area (Å²) in [7, 11) is 0. The van der Waals surface area contributed by atoms with Crippen LogP contribution in [0.15, 0.2) is 0 Å². The van der Waals surface area contributed by atoms with Gasteiger partial charge >= 0.3 is 0 Å². The van der Waals surface area contributed by atoms with Crippen LogP contribution in [0.1, 0.15) is 52.4 Å². The summed E-state index contributed by atoms with van der Waals surface area (Å²) in [6.45, 7) is 7.79. The largest absolute Gasteiger partial charge is 0.350 e. The van der Waals surface area contributed by atoms with E-state index >= 15 is 0 Å². The number of hydrogen-bond acceptors (Lipinski definition) is 3. The predicted octanol–water partition coefficient (Wildman–Crippen LogP) is 1.51. The van der Waals surface area contributed by atoms with Crippen LogP contribution in [0.4, 0.5) is 0 Å². The summed E-state index contributed by atoms with van der Waals surface area (Å²) in [5, 5.41) is 6.79. The van der Waals surface area contributed by atoms with Crippen LogP contribution in [0, 0.1) is 5.41 Å². The molecule has 0 aliphatic carbocycles. The summed E-state index contributed by atoms with van der Waals surface area (Å²) < 4.78 is 0. The molecule has 3 atom stereocenters. The number of carbonyl (C=O) groups is 1. The van der Waals surface area contributed by atoms with Crippen molar-refractivity contribution >= 4 is 5.91 Å². The molecule has 0 spiro atoms. The van der Waals surface area contributed by atoms with Crippen LogP contribution in [0.3, 0.4) is 0 Å². The third kappa shape index (κ3) is 2.73. The molecule has 1 amide bonds. The summed E-state index contributed by atoms with van der Waals surface area (Å²) in [6, 6.07) is 0.954. The van der Waals surface area contributed by atoms with E-state index in [1.807, 2.05) is 0 Å². The SMILES string of the molecule is CC1(C)CCCNC1C(=O)NC1CCN2CCCCC12. The van der Waals surface area contributed by atoms with Crippen molar-refractivity contribution in [2.75, 3.05) is 19.6 Å². The molecule has 3 saturated heterocycles. The minimum Gasteiger partial charge on any atom is -0.350 e. The fourth-order valence-corrected chi connectivity index (χ4v) is 4.34. The van der Waals surface area contributed by atoms with Gasteiger partial charge in [-0.2, -0.15) is 0 Å². The fraction of sp³-hybridized carbons (Fsp3) is 0.938. The van der Waals surface area contributed by atoms with E-state index < -0.39 is 0 Å². The summed E-state index contributed by atoms with van der Waals surface area (Å²) in [5.41, 5.74) is 0.0766. The van der Waals surface area contributed by atoms with Gasteiger partial charge in [0.15, 0.2) is 0 Å². The Hall–Kier alpha value is -0.610. The van der Waals surface area contributed by atoms with Crippen molar-refractivity contribution in [2.24, 2.45) is 5.41 Å². The Kier molecular flexibility index (Phi) is 4.04. The summed E-state index contributed by atoms with van der Waals surface area (Å²) >= 11 is 0. The molecule has 3 fully saturated rings. The molecule has 4 heteroatoms. The maximum absolute atomic E-state index is 12.7. The van der Waals surface area contributed by atoms with E-state index in [0.29, 0.717) is 12.1 Å². The van der Waals surface area contributed by atoms with E-state index in [-0.39, 0.29) is 17.4 Å². The van der Waals surface area contributed by atoms with E-state index in [2.05, 4.69) is 29.4 Å². The Morgan fingerprint density at radius 1 is 1.20 bits per heavy atom. The maximum Gasteiger partial charge on any atom is 0.237 e. The summed E-state index contributed by atoms with van der Waals surface area (Å²) in [6.07, 6.45) is 7.35. The molecular weight excluding hydrogens is 250 g/mol. The van der Waals surface area contributed by atoms with Gasteiger partial charge < -0.3 is 10.6 Å². The molecule has 4 nitrogen and oxygen atoms in total. The van der Waals surface area contributed by atoms with Gasteiger partial charge in [0.05, 0.1) is 6.04 Å². The van der Waals surface area contributed by atoms with Gasteiger partial charge in [0.2, 0.25) is 5.91 Å². The van der Waals surface area contributed by atoms with Gasteiger partial charge in [-0.3, -0.25) is 9.69 Å². The van der Waals surface area contributed by atoms with E-state index in [1.165, 1.54) is 32.2 Å². The number of nitrogens with one attached hydrogen (secondary N) is 2. The molecule has 3 aliphatic rings. The lowest BCUT2D eigenvalue weighted by Crippen LogP contribution is -2.58. The quantitative estimate of drug-likeness (QED) is 0.805. The number of nitrogens with zero attached hydrogens (tertiary/aromatic N) is 1. The first-order valence-corrected chi connectivity index (χ1v) is 8.36. The molecule has 0 aromatic heterocycles. The van der Waals surface area contributed by atoms with Crippen molar-refractivity contribution in [3.63, 3.8) is 0 Å². The van der Waals surface area contributed by atoms with Crippen LogP contribution >= 0.6 is 0 Å². The average molecular weight is 279 g/mol. The van der Waals surface area contributed by atoms with Crippen LogP contribution in [0.25, 0.3) is 0 Å². The first-order chi connectivity index (χ1) is 9.58. The molecule has 2 N–H and O–H groups in total. The van der Waals surface area contributed by atoms with Crippen LogP contribution in [-0.2, 0) is 4.79 Å². The fourth-order valence-electron chi connectivity index (χ4n) is 4.34. The van der Waals surface area contributed by atoms with E-state index in [0.717, 1.165) is 25.9 Å². The van der Waals surface area contributed by atoms with E-state index in [1.54, 1.807) is 0 Å². The second-order valence-corrected chi connectivity index (χ2v) is 7.48. The standard InChI is InChI=1S/C16H29N3O/c1-16(2)8-5-9-17-14(16)15(20)18-12-7-11-19-10-4-3-6-13(12)19/h12-14,17H,3-11H2,1-2H3,(H,18,20). The Morgan fingerprint density at radius 2 is 2.05 bits per heavy atom. The number of fused-ring (bicyclic) bond motifs is 1. The molecule has 0 aromatic rings. The lowest BCUT2D eigenvalue weighted by Gasteiger charge is -2.39. The maximum atomic E-state index is 12.7. The molecule has 0 aromatic carbocycles. The highest BCUT2D eigenvalue weighted by Gasteiger charge is 2.41. The number of rotatable bonds is 2. The third-order valence-corrected chi connectivity index (χ3v) is 5.57. The van der Waals surface area contributed by atoms with Gasteiger partial charge in [-0.25, -0.2) is 0 Å². The van der Waals surface area contributed by atoms with Crippen molar-refractivity contribution < 1.29 is 4.79 Å². The highest BCUT2D eigenvalue weighted by Crippen LogP contribution is 2.31. The first kappa shape index (κ1) is 14.3. The average Bonchev–Trinajstić information content (AvgIpc) is 2.81. The number of piperidine rings is 2. The Balaban J connectivity index is 1.61. The Bertz CT molecular complexity index is 369. The highest BCUT2D eigenvalue weighted by atomic mass is 16.2. The van der Waals surface area contributed by atoms with Crippen LogP contribution in [0.2, 0.25) is 0 Å². The minimum absolute atomic E-state index is 0.0195. The van der Waals surface area contributed by atoms with Crippen molar-refractivity contribution in [1.82, 2.24) is 15.5 Å². The molecule has 0 radical (unpaired) electrons. The molecule has 0 saturated carbocycles. The van der Waals surface area contributed by atoms with Gasteiger partial charge in [-0.1, -0.05) is 20.3 Å². The molecule has 0 bridgehead atoms. The second-order valence-electron chi connectivity index (χ2n) is 7.48. The van der Waals surface area contributed by atoms with Crippen LogP contribution < -0.4 is 10.6 Å². The first-order valence-electron chi connectivity index (χ1n) is 8.36. The van der Waals surface area contributed by atoms with Gasteiger partial charge in [0.1, 0.15) is 0 Å². The van der Waals surface area contributed by atoms with Crippen molar-refractivity contribution in [3.05, 3.63) is 0 Å². The molecular formula is C16H29N3O. The topological polar surface area (TPSA) is 44.4 Å². The van der Waals surface area contributed by atoms with Crippen LogP contribution in [-0.4, -0.2) is 48.6 Å². The summed E-state index contributed by atoms with van der Waals surface area (Å²) in [5.74, 6) is 0.229. The molecule has 3 aliphatic heterocycles. The monoisotopic (exact) mass is 279 g/mol. The van der Waals surface area contributed by atoms with Gasteiger partial charge in [0, 0.05) is 18.6 Å². The van der Waals surface area contributed by atoms with Crippen molar-refractivity contribution in [2.45, 2.75) is 70.5 Å². The predicted molar refractivity (Wildman–Crippen MR) is 80.6 cm³/mol. The number of hydrogen-bond donors (Lipinski definition) is 2. The molecule has 20 heavy (non-hydrogen) atoms. The molecule has 114 valence electrons.